The molecule has 0 radical (unpaired) electrons. The average Bonchev–Trinajstić information content (AvgIpc) is 2.60. The van der Waals surface area contributed by atoms with Gasteiger partial charge in [-0.05, 0) is 72.8 Å². The predicted octanol–water partition coefficient (Wildman–Crippen LogP) is 3.12. The van der Waals surface area contributed by atoms with Crippen LogP contribution in [0.3, 0.4) is 0 Å². The minimum atomic E-state index is -1.04. The molecular formula is C20H30FN5O2S. The van der Waals surface area contributed by atoms with E-state index in [2.05, 4.69) is 16.0 Å². The number of nitrogens with one attached hydrogen (secondary N) is 3. The summed E-state index contributed by atoms with van der Waals surface area (Å²) in [6.07, 6.45) is -0.0682. The first-order valence-electron chi connectivity index (χ1n) is 9.66. The molecule has 0 aromatic heterocycles. The van der Waals surface area contributed by atoms with Crippen LogP contribution in [0.15, 0.2) is 23.2 Å². The number of hydrogen-bond acceptors (Lipinski definition) is 7. The quantitative estimate of drug-likeness (QED) is 0.596. The van der Waals surface area contributed by atoms with Crippen molar-refractivity contribution in [2.24, 2.45) is 10.7 Å². The molecule has 2 heterocycles. The average molecular weight is 424 g/mol. The summed E-state index contributed by atoms with van der Waals surface area (Å²) < 4.78 is 20.2. The molecule has 2 aliphatic rings. The molecule has 29 heavy (non-hydrogen) atoms. The molecule has 7 nitrogen and oxygen atoms in total. The van der Waals surface area contributed by atoms with E-state index in [0.717, 1.165) is 0 Å². The number of rotatable bonds is 3. The van der Waals surface area contributed by atoms with Gasteiger partial charge < -0.3 is 21.1 Å². The molecule has 0 saturated carbocycles. The fourth-order valence-corrected chi connectivity index (χ4v) is 5.85. The van der Waals surface area contributed by atoms with Gasteiger partial charge in [-0.3, -0.25) is 10.3 Å². The predicted molar refractivity (Wildman–Crippen MR) is 116 cm³/mol. The lowest BCUT2D eigenvalue weighted by molar-refractivity contribution is 0.0625. The fraction of sp³-hybridized carbons (Fsp3) is 0.600. The number of thioether (sulfide) groups is 1. The largest absolute Gasteiger partial charge is 0.423 e. The third kappa shape index (κ3) is 3.71. The van der Waals surface area contributed by atoms with Gasteiger partial charge in [0, 0.05) is 11.3 Å². The normalized spacial score (nSPS) is 30.2. The van der Waals surface area contributed by atoms with E-state index in [4.69, 9.17) is 15.5 Å². The highest BCUT2D eigenvalue weighted by Gasteiger charge is 2.57. The smallest absolute Gasteiger partial charge is 0.414 e. The number of cyclic esters (lactones) is 1. The Kier molecular flexibility index (Phi) is 5.38. The number of carbonyl (C=O) groups is 1. The van der Waals surface area contributed by atoms with Gasteiger partial charge in [0.2, 0.25) is 0 Å². The van der Waals surface area contributed by atoms with Crippen molar-refractivity contribution in [3.05, 3.63) is 29.6 Å². The van der Waals surface area contributed by atoms with Gasteiger partial charge in [-0.25, -0.2) is 9.18 Å². The lowest BCUT2D eigenvalue weighted by atomic mass is 9.81. The van der Waals surface area contributed by atoms with Gasteiger partial charge in [0.25, 0.3) is 0 Å². The maximum Gasteiger partial charge on any atom is 0.414 e. The zero-order valence-electron chi connectivity index (χ0n) is 17.8. The number of halogens is 1. The molecule has 9 heteroatoms. The number of likely N-dealkylation sites (N-methyl/N-ethyl adjacent to an activating group) is 1. The fourth-order valence-electron chi connectivity index (χ4n) is 4.11. The Morgan fingerprint density at radius 3 is 2.59 bits per heavy atom. The SMILES string of the molecule is CN[C@]1(CCN)SC(C)(C)C2=N[C@]1(C)c1cc(ccc1F)NC(C)(C)OC(=O)N2. The van der Waals surface area contributed by atoms with Crippen molar-refractivity contribution in [3.8, 4) is 0 Å². The molecule has 2 aliphatic heterocycles. The van der Waals surface area contributed by atoms with E-state index in [-0.39, 0.29) is 5.82 Å². The Hall–Kier alpha value is -1.84. The van der Waals surface area contributed by atoms with E-state index in [1.54, 1.807) is 37.7 Å². The van der Waals surface area contributed by atoms with E-state index in [9.17, 15) is 4.79 Å². The first-order chi connectivity index (χ1) is 13.4. The van der Waals surface area contributed by atoms with Crippen LogP contribution in [0.1, 0.15) is 46.6 Å². The van der Waals surface area contributed by atoms with Gasteiger partial charge in [-0.15, -0.1) is 11.8 Å². The summed E-state index contributed by atoms with van der Waals surface area (Å²) in [7, 11) is 1.83. The van der Waals surface area contributed by atoms with Gasteiger partial charge in [0.1, 0.15) is 17.2 Å². The Labute approximate surface area is 175 Å². The Bertz CT molecular complexity index is 859. The summed E-state index contributed by atoms with van der Waals surface area (Å²) in [6, 6.07) is 4.77. The Morgan fingerprint density at radius 2 is 1.97 bits per heavy atom. The third-order valence-corrected chi connectivity index (χ3v) is 7.38. The van der Waals surface area contributed by atoms with E-state index >= 15 is 4.39 Å². The van der Waals surface area contributed by atoms with Crippen LogP contribution in [-0.2, 0) is 10.3 Å². The highest BCUT2D eigenvalue weighted by molar-refractivity contribution is 8.02. The number of hydrogen-bond donors (Lipinski definition) is 4. The van der Waals surface area contributed by atoms with E-state index in [1.807, 2.05) is 27.8 Å². The number of fused-ring (bicyclic) bond motifs is 4. The summed E-state index contributed by atoms with van der Waals surface area (Å²) in [5, 5.41) is 9.33. The van der Waals surface area contributed by atoms with Crippen LogP contribution in [0.5, 0.6) is 0 Å². The van der Waals surface area contributed by atoms with Crippen LogP contribution in [0.4, 0.5) is 14.9 Å². The second-order valence-electron chi connectivity index (χ2n) is 8.61. The Morgan fingerprint density at radius 1 is 1.28 bits per heavy atom. The van der Waals surface area contributed by atoms with Crippen LogP contribution in [0.2, 0.25) is 0 Å². The zero-order chi connectivity index (χ0) is 21.7. The van der Waals surface area contributed by atoms with Crippen LogP contribution < -0.4 is 21.7 Å². The van der Waals surface area contributed by atoms with Crippen molar-refractivity contribution in [2.75, 3.05) is 18.9 Å². The summed E-state index contributed by atoms with van der Waals surface area (Å²) in [4.78, 5) is 16.9. The van der Waals surface area contributed by atoms with E-state index in [0.29, 0.717) is 30.1 Å². The van der Waals surface area contributed by atoms with Crippen LogP contribution in [-0.4, -0.2) is 40.9 Å². The standard InChI is InChI=1S/C20H30FN5O2S/c1-17(2)15-24-16(27)28-18(3,4)25-12-7-8-14(21)13(11-12)19(5,26-15)20(23-6,29-17)9-10-22/h7-8,11,23,25H,9-10,22H2,1-6H3,(H,24,26,27)/t19-,20-/m1/s1. The molecule has 0 saturated heterocycles. The van der Waals surface area contributed by atoms with Gasteiger partial charge in [0.15, 0.2) is 5.72 Å². The molecule has 0 spiro atoms. The van der Waals surface area contributed by atoms with E-state index in [1.165, 1.54) is 6.07 Å². The lowest BCUT2D eigenvalue weighted by Gasteiger charge is -2.53. The number of anilines is 1. The molecule has 1 aromatic rings. The minimum Gasteiger partial charge on any atom is -0.423 e. The first kappa shape index (κ1) is 21.9. The van der Waals surface area contributed by atoms with Crippen molar-refractivity contribution in [1.82, 2.24) is 10.6 Å². The van der Waals surface area contributed by atoms with Crippen molar-refractivity contribution < 1.29 is 13.9 Å². The first-order valence-corrected chi connectivity index (χ1v) is 10.5. The molecule has 5 N–H and O–H groups in total. The highest BCUT2D eigenvalue weighted by atomic mass is 32.2. The Balaban J connectivity index is 2.34. The molecule has 0 unspecified atom stereocenters. The number of aliphatic imine (C=N–C) groups is 1. The zero-order valence-corrected chi connectivity index (χ0v) is 18.6. The number of nitrogens with zero attached hydrogens (tertiary/aromatic N) is 1. The second kappa shape index (κ2) is 7.14. The monoisotopic (exact) mass is 423 g/mol. The number of carbonyl (C=O) groups excluding carboxylic acids is 1. The molecule has 160 valence electrons. The van der Waals surface area contributed by atoms with Gasteiger partial charge in [-0.1, -0.05) is 0 Å². The number of alkyl carbamates (subject to hydrolysis) is 1. The number of ether oxygens (including phenoxy) is 1. The second-order valence-corrected chi connectivity index (χ2v) is 10.5. The van der Waals surface area contributed by atoms with E-state index < -0.39 is 27.0 Å². The lowest BCUT2D eigenvalue weighted by Crippen LogP contribution is -2.64. The van der Waals surface area contributed by atoms with Crippen LogP contribution in [0, 0.1) is 5.82 Å². The van der Waals surface area contributed by atoms with Gasteiger partial charge in [0.05, 0.1) is 9.62 Å². The molecule has 3 rings (SSSR count). The molecule has 1 aromatic carbocycles. The number of amidine groups is 1. The molecule has 0 aliphatic carbocycles. The summed E-state index contributed by atoms with van der Waals surface area (Å²) in [6.45, 7) is 9.67. The van der Waals surface area contributed by atoms with Crippen molar-refractivity contribution >= 4 is 29.4 Å². The third-order valence-electron chi connectivity index (χ3n) is 5.53. The van der Waals surface area contributed by atoms with Gasteiger partial charge >= 0.3 is 6.09 Å². The number of nitrogens with two attached hydrogens (primary N) is 1. The molecule has 2 atom stereocenters. The topological polar surface area (TPSA) is 101 Å². The van der Waals surface area contributed by atoms with Crippen molar-refractivity contribution in [1.29, 1.82) is 0 Å². The van der Waals surface area contributed by atoms with Crippen molar-refractivity contribution in [2.45, 2.75) is 61.9 Å². The van der Waals surface area contributed by atoms with Crippen molar-refractivity contribution in [3.63, 3.8) is 0 Å². The molecule has 1 amide bonds. The molecule has 0 fully saturated rings. The number of benzene rings is 1. The minimum absolute atomic E-state index is 0.373. The maximum atomic E-state index is 15.2. The summed E-state index contributed by atoms with van der Waals surface area (Å²) >= 11 is 1.58. The maximum absolute atomic E-state index is 15.2. The summed E-state index contributed by atoms with van der Waals surface area (Å²) in [5.74, 6) is 0.0581. The molecule has 4 bridgehead atoms. The van der Waals surface area contributed by atoms with Crippen LogP contribution in [0.25, 0.3) is 0 Å². The van der Waals surface area contributed by atoms with Gasteiger partial charge in [-0.2, -0.15) is 0 Å². The van der Waals surface area contributed by atoms with Crippen LogP contribution >= 0.6 is 11.8 Å². The summed E-state index contributed by atoms with van der Waals surface area (Å²) in [5.41, 5.74) is 4.96. The molecular weight excluding hydrogens is 393 g/mol. The number of amides is 1. The highest BCUT2D eigenvalue weighted by Crippen LogP contribution is 2.55.